The van der Waals surface area contributed by atoms with Crippen molar-refractivity contribution in [1.29, 1.82) is 0 Å². The number of hydrogen-bond acceptors (Lipinski definition) is 5. The van der Waals surface area contributed by atoms with Crippen LogP contribution in [-0.4, -0.2) is 60.0 Å². The van der Waals surface area contributed by atoms with Crippen LogP contribution in [0.4, 0.5) is 11.4 Å². The highest BCUT2D eigenvalue weighted by Gasteiger charge is 2.36. The fourth-order valence-electron chi connectivity index (χ4n) is 6.04. The van der Waals surface area contributed by atoms with Crippen molar-refractivity contribution < 1.29 is 19.8 Å². The van der Waals surface area contributed by atoms with Crippen LogP contribution in [0.1, 0.15) is 23.0 Å². The van der Waals surface area contributed by atoms with Crippen molar-refractivity contribution in [3.8, 4) is 11.5 Å². The molecule has 3 N–H and O–H groups in total. The van der Waals surface area contributed by atoms with E-state index in [1.807, 2.05) is 48.5 Å². The number of fused-ring (bicyclic) bond motifs is 6. The lowest BCUT2D eigenvalue weighted by Gasteiger charge is -2.21. The molecule has 0 radical (unpaired) electrons. The molecule has 2 unspecified atom stereocenters. The van der Waals surface area contributed by atoms with Gasteiger partial charge in [-0.15, -0.1) is 23.2 Å². The average molecular weight is 564 g/mol. The number of halogens is 2. The summed E-state index contributed by atoms with van der Waals surface area (Å²) in [6.07, 6.45) is 0. The molecule has 0 bridgehead atoms. The molecule has 2 amide bonds. The highest BCUT2D eigenvalue weighted by molar-refractivity contribution is 6.19. The summed E-state index contributed by atoms with van der Waals surface area (Å²) in [6.45, 7) is 0.695. The van der Waals surface area contributed by atoms with E-state index >= 15 is 0 Å². The van der Waals surface area contributed by atoms with E-state index < -0.39 is 0 Å². The SMILES string of the molecule is O=C(CNCC(=O)N1CC(CCl)c2c1cc(O)c1ccccc21)N1CC(CCl)c2c1cc(O)c1ccccc21. The number of benzene rings is 4. The van der Waals surface area contributed by atoms with Crippen molar-refractivity contribution in [2.24, 2.45) is 0 Å². The Bertz CT molecular complexity index is 1510. The molecule has 7 nitrogen and oxygen atoms in total. The number of phenolic OH excluding ortho intramolecular Hbond substituents is 2. The first-order chi connectivity index (χ1) is 18.9. The van der Waals surface area contributed by atoms with Crippen LogP contribution in [0.3, 0.4) is 0 Å². The molecule has 0 saturated carbocycles. The second-order valence-electron chi connectivity index (χ2n) is 10.1. The number of rotatable bonds is 6. The van der Waals surface area contributed by atoms with E-state index in [1.165, 1.54) is 0 Å². The third-order valence-corrected chi connectivity index (χ3v) is 8.56. The largest absolute Gasteiger partial charge is 0.507 e. The Balaban J connectivity index is 1.19. The zero-order chi connectivity index (χ0) is 27.3. The van der Waals surface area contributed by atoms with E-state index in [2.05, 4.69) is 5.32 Å². The van der Waals surface area contributed by atoms with Crippen LogP contribution in [0.2, 0.25) is 0 Å². The smallest absolute Gasteiger partial charge is 0.240 e. The molecule has 2 heterocycles. The van der Waals surface area contributed by atoms with Gasteiger partial charge in [0.25, 0.3) is 0 Å². The summed E-state index contributed by atoms with van der Waals surface area (Å²) in [5.74, 6) is 0.355. The Hall–Kier alpha value is -3.52. The van der Waals surface area contributed by atoms with Gasteiger partial charge in [0.05, 0.1) is 24.5 Å². The van der Waals surface area contributed by atoms with Gasteiger partial charge >= 0.3 is 0 Å². The Morgan fingerprint density at radius 1 is 0.718 bits per heavy atom. The number of phenols is 2. The minimum Gasteiger partial charge on any atom is -0.507 e. The number of anilines is 2. The molecule has 200 valence electrons. The van der Waals surface area contributed by atoms with Crippen LogP contribution in [0.15, 0.2) is 60.7 Å². The van der Waals surface area contributed by atoms with Crippen molar-refractivity contribution in [2.45, 2.75) is 11.8 Å². The van der Waals surface area contributed by atoms with Gasteiger partial charge in [-0.1, -0.05) is 48.5 Å². The minimum absolute atomic E-state index is 0.0592. The van der Waals surface area contributed by atoms with E-state index in [0.717, 1.165) is 32.7 Å². The Morgan fingerprint density at radius 3 is 1.49 bits per heavy atom. The minimum atomic E-state index is -0.213. The van der Waals surface area contributed by atoms with E-state index in [-0.39, 0.29) is 48.2 Å². The van der Waals surface area contributed by atoms with E-state index in [4.69, 9.17) is 23.2 Å². The maximum atomic E-state index is 13.3. The molecule has 4 aromatic carbocycles. The second kappa shape index (κ2) is 10.2. The molecule has 2 aliphatic heterocycles. The lowest BCUT2D eigenvalue weighted by atomic mass is 9.95. The van der Waals surface area contributed by atoms with E-state index in [0.29, 0.717) is 36.2 Å². The first-order valence-electron chi connectivity index (χ1n) is 12.9. The number of carbonyl (C=O) groups is 2. The number of nitrogens with one attached hydrogen (secondary N) is 1. The average Bonchev–Trinajstić information content (AvgIpc) is 3.52. The van der Waals surface area contributed by atoms with E-state index in [9.17, 15) is 19.8 Å². The lowest BCUT2D eigenvalue weighted by molar-refractivity contribution is -0.118. The van der Waals surface area contributed by atoms with Crippen LogP contribution in [-0.2, 0) is 9.59 Å². The topological polar surface area (TPSA) is 93.1 Å². The molecule has 6 rings (SSSR count). The molecule has 39 heavy (non-hydrogen) atoms. The number of aromatic hydroxyl groups is 2. The summed E-state index contributed by atoms with van der Waals surface area (Å²) >= 11 is 12.6. The summed E-state index contributed by atoms with van der Waals surface area (Å²) in [5.41, 5.74) is 3.21. The Morgan fingerprint density at radius 2 is 1.10 bits per heavy atom. The van der Waals surface area contributed by atoms with Crippen LogP contribution in [0, 0.1) is 0 Å². The summed E-state index contributed by atoms with van der Waals surface area (Å²) < 4.78 is 0. The van der Waals surface area contributed by atoms with Gasteiger partial charge in [-0.05, 0) is 21.9 Å². The van der Waals surface area contributed by atoms with Crippen LogP contribution in [0.25, 0.3) is 21.5 Å². The van der Waals surface area contributed by atoms with Gasteiger partial charge in [0.2, 0.25) is 11.8 Å². The zero-order valence-electron chi connectivity index (χ0n) is 21.0. The van der Waals surface area contributed by atoms with Gasteiger partial charge in [-0.3, -0.25) is 14.9 Å². The van der Waals surface area contributed by atoms with Crippen molar-refractivity contribution in [1.82, 2.24) is 5.32 Å². The quantitative estimate of drug-likeness (QED) is 0.286. The summed E-state index contributed by atoms with van der Waals surface area (Å²) in [5, 5.41) is 27.4. The standard InChI is InChI=1S/C30H27Cl2N3O4/c31-11-17-15-34(23-9-25(36)19-5-1-3-7-21(19)29(17)23)27(38)13-33-14-28(39)35-16-18(12-32)30-22-8-4-2-6-20(22)26(37)10-24(30)35/h1-10,17-18,33,36-37H,11-16H2. The van der Waals surface area contributed by atoms with Gasteiger partial charge in [0, 0.05) is 59.6 Å². The van der Waals surface area contributed by atoms with Crippen molar-refractivity contribution in [2.75, 3.05) is 47.7 Å². The molecular weight excluding hydrogens is 537 g/mol. The Labute approximate surface area is 235 Å². The third-order valence-electron chi connectivity index (χ3n) is 7.82. The molecule has 0 fully saturated rings. The fraction of sp³-hybridized carbons (Fsp3) is 0.267. The van der Waals surface area contributed by atoms with Gasteiger partial charge in [-0.2, -0.15) is 0 Å². The molecule has 2 atom stereocenters. The Kier molecular flexibility index (Phi) is 6.75. The molecule has 2 aliphatic rings. The predicted octanol–water partition coefficient (Wildman–Crippen LogP) is 5.03. The second-order valence-corrected chi connectivity index (χ2v) is 10.7. The normalized spacial score (nSPS) is 18.1. The molecule has 4 aromatic rings. The van der Waals surface area contributed by atoms with Crippen LogP contribution in [0.5, 0.6) is 11.5 Å². The third kappa shape index (κ3) is 4.25. The highest BCUT2D eigenvalue weighted by Crippen LogP contribution is 2.46. The van der Waals surface area contributed by atoms with Gasteiger partial charge in [0.15, 0.2) is 0 Å². The molecule has 9 heteroatoms. The van der Waals surface area contributed by atoms with Gasteiger partial charge in [0.1, 0.15) is 11.5 Å². The molecular formula is C30H27Cl2N3O4. The molecule has 0 spiro atoms. The van der Waals surface area contributed by atoms with Gasteiger partial charge in [-0.25, -0.2) is 0 Å². The van der Waals surface area contributed by atoms with Gasteiger partial charge < -0.3 is 20.0 Å². The zero-order valence-corrected chi connectivity index (χ0v) is 22.5. The first-order valence-corrected chi connectivity index (χ1v) is 13.9. The maximum absolute atomic E-state index is 13.3. The number of amides is 2. The summed E-state index contributed by atoms with van der Waals surface area (Å²) in [6, 6.07) is 18.3. The number of hydrogen-bond donors (Lipinski definition) is 3. The number of carbonyl (C=O) groups excluding carboxylic acids is 2. The number of nitrogens with zero attached hydrogens (tertiary/aromatic N) is 2. The monoisotopic (exact) mass is 563 g/mol. The predicted molar refractivity (Wildman–Crippen MR) is 156 cm³/mol. The van der Waals surface area contributed by atoms with Crippen molar-refractivity contribution in [3.05, 3.63) is 71.8 Å². The molecule has 0 saturated heterocycles. The van der Waals surface area contributed by atoms with Crippen LogP contribution >= 0.6 is 23.2 Å². The maximum Gasteiger partial charge on any atom is 0.240 e. The van der Waals surface area contributed by atoms with E-state index in [1.54, 1.807) is 21.9 Å². The summed E-state index contributed by atoms with van der Waals surface area (Å²) in [7, 11) is 0. The molecule has 0 aliphatic carbocycles. The molecule has 0 aromatic heterocycles. The number of alkyl halides is 2. The van der Waals surface area contributed by atoms with Crippen LogP contribution < -0.4 is 15.1 Å². The lowest BCUT2D eigenvalue weighted by Crippen LogP contribution is -2.43. The first kappa shape index (κ1) is 25.7. The van der Waals surface area contributed by atoms with Crippen molar-refractivity contribution >= 4 is 67.9 Å². The summed E-state index contributed by atoms with van der Waals surface area (Å²) in [4.78, 5) is 29.8. The van der Waals surface area contributed by atoms with Crippen molar-refractivity contribution in [3.63, 3.8) is 0 Å². The highest BCUT2D eigenvalue weighted by atomic mass is 35.5. The fourth-order valence-corrected chi connectivity index (χ4v) is 6.55.